The Morgan fingerprint density at radius 2 is 1.49 bits per heavy atom. The van der Waals surface area contributed by atoms with Crippen molar-refractivity contribution in [1.82, 2.24) is 14.5 Å². The number of nitrogens with zero attached hydrogens (tertiary/aromatic N) is 2. The van der Waals surface area contributed by atoms with Crippen molar-refractivity contribution >= 4 is 33.4 Å². The minimum absolute atomic E-state index is 0.0266. The third-order valence-electron chi connectivity index (χ3n) is 5.66. The predicted molar refractivity (Wildman–Crippen MR) is 146 cm³/mol. The van der Waals surface area contributed by atoms with E-state index in [9.17, 15) is 18.0 Å². The standard InChI is InChI=1S/C28H30ClN3O4S/c1-3-18-30-28(34)27(24-12-8-5-9-13-24)32(20-23-14-16-25(29)17-15-23)26(33)21-31(37(2,35)36)19-22-10-6-4-7-11-22/h3-17,27H,1,18-21H2,2H3,(H,30,34)/t27-/m1/s1. The molecule has 3 aromatic carbocycles. The summed E-state index contributed by atoms with van der Waals surface area (Å²) in [6.07, 6.45) is 2.62. The summed E-state index contributed by atoms with van der Waals surface area (Å²) in [5.41, 5.74) is 2.08. The molecule has 3 rings (SSSR count). The summed E-state index contributed by atoms with van der Waals surface area (Å²) < 4.78 is 26.4. The second kappa shape index (κ2) is 13.2. The smallest absolute Gasteiger partial charge is 0.247 e. The van der Waals surface area contributed by atoms with Crippen molar-refractivity contribution in [3.8, 4) is 0 Å². The zero-order chi connectivity index (χ0) is 26.8. The summed E-state index contributed by atoms with van der Waals surface area (Å²) in [7, 11) is -3.74. The van der Waals surface area contributed by atoms with Crippen LogP contribution >= 0.6 is 11.6 Å². The monoisotopic (exact) mass is 539 g/mol. The van der Waals surface area contributed by atoms with Crippen molar-refractivity contribution in [2.75, 3.05) is 19.3 Å². The molecule has 0 fully saturated rings. The molecule has 3 aromatic rings. The van der Waals surface area contributed by atoms with Gasteiger partial charge < -0.3 is 10.2 Å². The van der Waals surface area contributed by atoms with Crippen LogP contribution in [0, 0.1) is 0 Å². The minimum Gasteiger partial charge on any atom is -0.351 e. The molecule has 0 unspecified atom stereocenters. The van der Waals surface area contributed by atoms with E-state index in [1.54, 1.807) is 78.9 Å². The molecular formula is C28H30ClN3O4S. The molecule has 0 saturated heterocycles. The molecule has 37 heavy (non-hydrogen) atoms. The van der Waals surface area contributed by atoms with E-state index in [0.29, 0.717) is 10.6 Å². The van der Waals surface area contributed by atoms with Gasteiger partial charge in [-0.3, -0.25) is 9.59 Å². The maximum absolute atomic E-state index is 13.8. The number of amides is 2. The molecule has 0 aliphatic carbocycles. The molecule has 7 nitrogen and oxygen atoms in total. The van der Waals surface area contributed by atoms with E-state index in [-0.39, 0.29) is 19.6 Å². The highest BCUT2D eigenvalue weighted by atomic mass is 35.5. The second-order valence-electron chi connectivity index (χ2n) is 8.51. The van der Waals surface area contributed by atoms with Crippen molar-refractivity contribution < 1.29 is 18.0 Å². The summed E-state index contributed by atoms with van der Waals surface area (Å²) in [6, 6.07) is 23.9. The molecule has 0 spiro atoms. The minimum atomic E-state index is -3.74. The molecule has 9 heteroatoms. The number of benzene rings is 3. The molecule has 0 bridgehead atoms. The van der Waals surface area contributed by atoms with E-state index >= 15 is 0 Å². The van der Waals surface area contributed by atoms with Crippen LogP contribution in [0.4, 0.5) is 0 Å². The van der Waals surface area contributed by atoms with E-state index in [4.69, 9.17) is 11.6 Å². The Morgan fingerprint density at radius 1 is 0.919 bits per heavy atom. The van der Waals surface area contributed by atoms with Crippen LogP contribution < -0.4 is 5.32 Å². The van der Waals surface area contributed by atoms with Gasteiger partial charge in [-0.15, -0.1) is 6.58 Å². The first-order valence-electron chi connectivity index (χ1n) is 11.7. The third kappa shape index (κ3) is 8.28. The Morgan fingerprint density at radius 3 is 2.05 bits per heavy atom. The van der Waals surface area contributed by atoms with Gasteiger partial charge in [-0.05, 0) is 28.8 Å². The molecule has 0 radical (unpaired) electrons. The molecule has 0 heterocycles. The fourth-order valence-corrected chi connectivity index (χ4v) is 4.66. The molecule has 0 aromatic heterocycles. The summed E-state index contributed by atoms with van der Waals surface area (Å²) in [4.78, 5) is 28.6. The molecule has 0 saturated carbocycles. The van der Waals surface area contributed by atoms with Gasteiger partial charge in [0.1, 0.15) is 6.04 Å². The molecule has 194 valence electrons. The number of nitrogens with one attached hydrogen (secondary N) is 1. The molecule has 0 aliphatic rings. The lowest BCUT2D eigenvalue weighted by Crippen LogP contribution is -2.47. The van der Waals surface area contributed by atoms with Crippen molar-refractivity contribution in [2.45, 2.75) is 19.1 Å². The number of hydrogen-bond acceptors (Lipinski definition) is 4. The lowest BCUT2D eigenvalue weighted by molar-refractivity contribution is -0.141. The molecule has 0 aliphatic heterocycles. The van der Waals surface area contributed by atoms with Crippen LogP contribution in [-0.4, -0.2) is 48.8 Å². The van der Waals surface area contributed by atoms with Gasteiger partial charge in [0, 0.05) is 24.7 Å². The average Bonchev–Trinajstić information content (AvgIpc) is 2.88. The lowest BCUT2D eigenvalue weighted by Gasteiger charge is -2.33. The summed E-state index contributed by atoms with van der Waals surface area (Å²) in [6.45, 7) is 3.53. The maximum Gasteiger partial charge on any atom is 0.247 e. The highest BCUT2D eigenvalue weighted by Crippen LogP contribution is 2.25. The Balaban J connectivity index is 2.01. The van der Waals surface area contributed by atoms with Crippen LogP contribution in [0.2, 0.25) is 5.02 Å². The summed E-state index contributed by atoms with van der Waals surface area (Å²) in [5.74, 6) is -0.915. The van der Waals surface area contributed by atoms with Gasteiger partial charge in [-0.2, -0.15) is 4.31 Å². The number of sulfonamides is 1. The van der Waals surface area contributed by atoms with Crippen LogP contribution in [0.15, 0.2) is 97.6 Å². The van der Waals surface area contributed by atoms with Gasteiger partial charge in [0.2, 0.25) is 21.8 Å². The van der Waals surface area contributed by atoms with Crippen molar-refractivity contribution in [2.24, 2.45) is 0 Å². The zero-order valence-corrected chi connectivity index (χ0v) is 22.2. The number of rotatable bonds is 12. The van der Waals surface area contributed by atoms with Crippen LogP contribution in [0.1, 0.15) is 22.7 Å². The normalized spacial score (nSPS) is 12.1. The largest absolute Gasteiger partial charge is 0.351 e. The third-order valence-corrected chi connectivity index (χ3v) is 7.11. The fraction of sp³-hybridized carbons (Fsp3) is 0.214. The quantitative estimate of drug-likeness (QED) is 0.350. The topological polar surface area (TPSA) is 86.8 Å². The van der Waals surface area contributed by atoms with Gasteiger partial charge in [-0.25, -0.2) is 8.42 Å². The Labute approximate surface area is 223 Å². The van der Waals surface area contributed by atoms with E-state index in [1.165, 1.54) is 4.90 Å². The van der Waals surface area contributed by atoms with Gasteiger partial charge in [0.15, 0.2) is 0 Å². The number of halogens is 1. The number of carbonyl (C=O) groups is 2. The van der Waals surface area contributed by atoms with Crippen molar-refractivity contribution in [1.29, 1.82) is 0 Å². The van der Waals surface area contributed by atoms with E-state index < -0.39 is 34.4 Å². The molecular weight excluding hydrogens is 510 g/mol. The summed E-state index contributed by atoms with van der Waals surface area (Å²) in [5, 5.41) is 3.32. The Kier molecular flexibility index (Phi) is 10.0. The zero-order valence-electron chi connectivity index (χ0n) is 20.6. The maximum atomic E-state index is 13.8. The van der Waals surface area contributed by atoms with E-state index in [1.807, 2.05) is 12.1 Å². The second-order valence-corrected chi connectivity index (χ2v) is 10.9. The predicted octanol–water partition coefficient (Wildman–Crippen LogP) is 4.17. The highest BCUT2D eigenvalue weighted by molar-refractivity contribution is 7.88. The van der Waals surface area contributed by atoms with Crippen LogP contribution in [0.25, 0.3) is 0 Å². The van der Waals surface area contributed by atoms with Gasteiger partial charge in [0.25, 0.3) is 0 Å². The lowest BCUT2D eigenvalue weighted by atomic mass is 10.0. The van der Waals surface area contributed by atoms with Crippen molar-refractivity contribution in [3.05, 3.63) is 119 Å². The molecule has 2 amide bonds. The van der Waals surface area contributed by atoms with E-state index in [0.717, 1.165) is 21.7 Å². The Bertz CT molecular complexity index is 1300. The van der Waals surface area contributed by atoms with Gasteiger partial charge in [-0.1, -0.05) is 90.5 Å². The highest BCUT2D eigenvalue weighted by Gasteiger charge is 2.33. The van der Waals surface area contributed by atoms with Crippen molar-refractivity contribution in [3.63, 3.8) is 0 Å². The average molecular weight is 540 g/mol. The first kappa shape index (κ1) is 28.1. The first-order valence-corrected chi connectivity index (χ1v) is 13.9. The first-order chi connectivity index (χ1) is 17.7. The number of carbonyl (C=O) groups excluding carboxylic acids is 2. The van der Waals surface area contributed by atoms with E-state index in [2.05, 4.69) is 11.9 Å². The molecule has 1 N–H and O–H groups in total. The number of hydrogen-bond donors (Lipinski definition) is 1. The van der Waals surface area contributed by atoms with Crippen LogP contribution in [0.5, 0.6) is 0 Å². The van der Waals surface area contributed by atoms with Gasteiger partial charge >= 0.3 is 0 Å². The Hall–Kier alpha value is -3.46. The fourth-order valence-electron chi connectivity index (χ4n) is 3.81. The summed E-state index contributed by atoms with van der Waals surface area (Å²) >= 11 is 6.05. The van der Waals surface area contributed by atoms with Crippen LogP contribution in [0.3, 0.4) is 0 Å². The van der Waals surface area contributed by atoms with Crippen LogP contribution in [-0.2, 0) is 32.7 Å². The van der Waals surface area contributed by atoms with Gasteiger partial charge in [0.05, 0.1) is 12.8 Å². The molecule has 1 atom stereocenters. The SMILES string of the molecule is C=CCNC(=O)[C@@H](c1ccccc1)N(Cc1ccc(Cl)cc1)C(=O)CN(Cc1ccccc1)S(C)(=O)=O.